The number of ether oxygens (including phenoxy) is 1. The molecule has 0 aromatic rings. The molecule has 0 radical (unpaired) electrons. The Kier molecular flexibility index (Phi) is 2.69. The van der Waals surface area contributed by atoms with Crippen molar-refractivity contribution in [2.75, 3.05) is 6.54 Å². The Balaban J connectivity index is 0.000000720. The van der Waals surface area contributed by atoms with Crippen LogP contribution in [0.4, 0.5) is 0 Å². The number of fused-ring (bicyclic) bond motifs is 1. The van der Waals surface area contributed by atoms with Crippen LogP contribution in [0, 0.1) is 5.92 Å². The summed E-state index contributed by atoms with van der Waals surface area (Å²) in [4.78, 5) is 0. The first-order chi connectivity index (χ1) is 5.08. The second-order valence-electron chi connectivity index (χ2n) is 4.24. The maximum absolute atomic E-state index is 5.80. The van der Waals surface area contributed by atoms with Crippen molar-refractivity contribution in [3.8, 4) is 0 Å². The molecule has 3 unspecified atom stereocenters. The summed E-state index contributed by atoms with van der Waals surface area (Å²) in [7, 11) is 0. The standard InChI is InChI=1S/C8H16N2O.ClH/c1-8(2)3-5-4-10-7(9)6(5)11-8;/h5-7,10H,3-4,9H2,1-2H3;1H. The van der Waals surface area contributed by atoms with Gasteiger partial charge in [-0.25, -0.2) is 0 Å². The largest absolute Gasteiger partial charge is 0.369 e. The summed E-state index contributed by atoms with van der Waals surface area (Å²) in [6.07, 6.45) is 1.45. The highest BCUT2D eigenvalue weighted by Gasteiger charge is 2.46. The Morgan fingerprint density at radius 3 is 2.75 bits per heavy atom. The molecule has 72 valence electrons. The Bertz CT molecular complexity index is 174. The van der Waals surface area contributed by atoms with Gasteiger partial charge in [-0.3, -0.25) is 5.32 Å². The average molecular weight is 193 g/mol. The molecule has 0 aromatic carbocycles. The van der Waals surface area contributed by atoms with Gasteiger partial charge in [0.2, 0.25) is 0 Å². The number of hydrogen-bond donors (Lipinski definition) is 2. The smallest absolute Gasteiger partial charge is 0.0905 e. The molecule has 2 aliphatic rings. The lowest BCUT2D eigenvalue weighted by atomic mass is 9.96. The second-order valence-corrected chi connectivity index (χ2v) is 4.24. The monoisotopic (exact) mass is 192 g/mol. The summed E-state index contributed by atoms with van der Waals surface area (Å²) in [5, 5.41) is 3.21. The zero-order valence-corrected chi connectivity index (χ0v) is 8.36. The van der Waals surface area contributed by atoms with Gasteiger partial charge in [-0.05, 0) is 20.3 Å². The number of rotatable bonds is 0. The SMILES string of the molecule is CC1(C)CC2CNC(N)C2O1.Cl. The second kappa shape index (κ2) is 3.14. The predicted octanol–water partition coefficient (Wildman–Crippen LogP) is 0.480. The molecular formula is C8H17ClN2O. The number of hydrogen-bond acceptors (Lipinski definition) is 3. The van der Waals surface area contributed by atoms with Crippen LogP contribution in [0.5, 0.6) is 0 Å². The van der Waals surface area contributed by atoms with Crippen molar-refractivity contribution in [3.63, 3.8) is 0 Å². The van der Waals surface area contributed by atoms with Crippen LogP contribution in [0.25, 0.3) is 0 Å². The molecule has 4 heteroatoms. The molecule has 2 aliphatic heterocycles. The summed E-state index contributed by atoms with van der Waals surface area (Å²) in [6, 6.07) is 0. The Morgan fingerprint density at radius 1 is 1.50 bits per heavy atom. The van der Waals surface area contributed by atoms with Crippen molar-refractivity contribution in [2.24, 2.45) is 11.7 Å². The molecule has 0 spiro atoms. The molecule has 2 heterocycles. The van der Waals surface area contributed by atoms with E-state index in [1.165, 1.54) is 0 Å². The van der Waals surface area contributed by atoms with Crippen molar-refractivity contribution in [1.29, 1.82) is 0 Å². The van der Waals surface area contributed by atoms with Gasteiger partial charge >= 0.3 is 0 Å². The molecule has 3 nitrogen and oxygen atoms in total. The zero-order chi connectivity index (χ0) is 8.06. The zero-order valence-electron chi connectivity index (χ0n) is 7.54. The molecule has 0 amide bonds. The van der Waals surface area contributed by atoms with Crippen LogP contribution in [0.2, 0.25) is 0 Å². The number of nitrogens with one attached hydrogen (secondary N) is 1. The van der Waals surface area contributed by atoms with Gasteiger partial charge in [0.05, 0.1) is 17.9 Å². The lowest BCUT2D eigenvalue weighted by Crippen LogP contribution is -2.41. The van der Waals surface area contributed by atoms with Crippen molar-refractivity contribution in [3.05, 3.63) is 0 Å². The molecule has 0 aromatic heterocycles. The predicted molar refractivity (Wildman–Crippen MR) is 50.3 cm³/mol. The van der Waals surface area contributed by atoms with E-state index < -0.39 is 0 Å². The summed E-state index contributed by atoms with van der Waals surface area (Å²) in [5.41, 5.74) is 5.86. The van der Waals surface area contributed by atoms with E-state index in [-0.39, 0.29) is 30.3 Å². The van der Waals surface area contributed by atoms with Crippen LogP contribution in [-0.4, -0.2) is 24.4 Å². The number of nitrogens with two attached hydrogens (primary N) is 1. The Labute approximate surface area is 79.4 Å². The van der Waals surface area contributed by atoms with E-state index in [0.717, 1.165) is 13.0 Å². The average Bonchev–Trinajstić information content (AvgIpc) is 2.31. The maximum atomic E-state index is 5.80. The van der Waals surface area contributed by atoms with Gasteiger partial charge in [-0.1, -0.05) is 0 Å². The van der Waals surface area contributed by atoms with Gasteiger partial charge in [-0.15, -0.1) is 12.4 Å². The van der Waals surface area contributed by atoms with Gasteiger partial charge < -0.3 is 10.5 Å². The summed E-state index contributed by atoms with van der Waals surface area (Å²) in [6.45, 7) is 5.30. The summed E-state index contributed by atoms with van der Waals surface area (Å²) in [5.74, 6) is 0.639. The molecule has 3 N–H and O–H groups in total. The van der Waals surface area contributed by atoms with Gasteiger partial charge in [-0.2, -0.15) is 0 Å². The normalized spacial score (nSPS) is 43.8. The summed E-state index contributed by atoms with van der Waals surface area (Å²) < 4.78 is 5.80. The van der Waals surface area contributed by atoms with Crippen LogP contribution >= 0.6 is 12.4 Å². The minimum absolute atomic E-state index is 0. The van der Waals surface area contributed by atoms with Crippen molar-refractivity contribution < 1.29 is 4.74 Å². The lowest BCUT2D eigenvalue weighted by Gasteiger charge is -2.21. The quantitative estimate of drug-likeness (QED) is 0.587. The van der Waals surface area contributed by atoms with E-state index in [1.54, 1.807) is 0 Å². The molecular weight excluding hydrogens is 176 g/mol. The lowest BCUT2D eigenvalue weighted by molar-refractivity contribution is -0.0259. The minimum atomic E-state index is 0. The fourth-order valence-electron chi connectivity index (χ4n) is 2.22. The molecule has 2 rings (SSSR count). The van der Waals surface area contributed by atoms with Crippen LogP contribution in [-0.2, 0) is 4.74 Å². The van der Waals surface area contributed by atoms with Crippen molar-refractivity contribution in [2.45, 2.75) is 38.1 Å². The first kappa shape index (κ1) is 10.3. The van der Waals surface area contributed by atoms with Crippen LogP contribution < -0.4 is 11.1 Å². The number of halogens is 1. The first-order valence-corrected chi connectivity index (χ1v) is 4.25. The molecule has 2 fully saturated rings. The van der Waals surface area contributed by atoms with Crippen LogP contribution in [0.3, 0.4) is 0 Å². The van der Waals surface area contributed by atoms with Gasteiger partial charge in [0, 0.05) is 12.5 Å². The van der Waals surface area contributed by atoms with E-state index in [0.29, 0.717) is 5.92 Å². The highest BCUT2D eigenvalue weighted by Crippen LogP contribution is 2.37. The van der Waals surface area contributed by atoms with Crippen molar-refractivity contribution >= 4 is 12.4 Å². The minimum Gasteiger partial charge on any atom is -0.369 e. The van der Waals surface area contributed by atoms with E-state index in [1.807, 2.05) is 0 Å². The van der Waals surface area contributed by atoms with E-state index in [4.69, 9.17) is 10.5 Å². The molecule has 2 saturated heterocycles. The van der Waals surface area contributed by atoms with Crippen molar-refractivity contribution in [1.82, 2.24) is 5.32 Å². The summed E-state index contributed by atoms with van der Waals surface area (Å²) >= 11 is 0. The molecule has 0 bridgehead atoms. The molecule has 12 heavy (non-hydrogen) atoms. The third-order valence-electron chi connectivity index (χ3n) is 2.64. The molecule has 0 aliphatic carbocycles. The third kappa shape index (κ3) is 1.59. The Morgan fingerprint density at radius 2 is 2.17 bits per heavy atom. The first-order valence-electron chi connectivity index (χ1n) is 4.25. The van der Waals surface area contributed by atoms with E-state index in [2.05, 4.69) is 19.2 Å². The highest BCUT2D eigenvalue weighted by atomic mass is 35.5. The third-order valence-corrected chi connectivity index (χ3v) is 2.64. The molecule has 0 saturated carbocycles. The fraction of sp³-hybridized carbons (Fsp3) is 1.00. The maximum Gasteiger partial charge on any atom is 0.0905 e. The van der Waals surface area contributed by atoms with Gasteiger partial charge in [0.1, 0.15) is 0 Å². The van der Waals surface area contributed by atoms with Crippen LogP contribution in [0.15, 0.2) is 0 Å². The van der Waals surface area contributed by atoms with E-state index in [9.17, 15) is 0 Å². The topological polar surface area (TPSA) is 47.3 Å². The highest BCUT2D eigenvalue weighted by molar-refractivity contribution is 5.85. The molecule has 3 atom stereocenters. The van der Waals surface area contributed by atoms with Gasteiger partial charge in [0.25, 0.3) is 0 Å². The fourth-order valence-corrected chi connectivity index (χ4v) is 2.22. The van der Waals surface area contributed by atoms with E-state index >= 15 is 0 Å². The van der Waals surface area contributed by atoms with Gasteiger partial charge in [0.15, 0.2) is 0 Å². The van der Waals surface area contributed by atoms with Crippen LogP contribution in [0.1, 0.15) is 20.3 Å². The Hall–Kier alpha value is 0.170.